The predicted octanol–water partition coefficient (Wildman–Crippen LogP) is 4.33. The summed E-state index contributed by atoms with van der Waals surface area (Å²) in [6.45, 7) is 2.64. The van der Waals surface area contributed by atoms with Crippen molar-refractivity contribution in [2.45, 2.75) is 39.0 Å². The third kappa shape index (κ3) is 5.89. The Balaban J connectivity index is 1.49. The standard InChI is InChI=1S/C22H25N3O2S/c1-2-7-20(26)25-22-24-18-12-11-17(14-19(18)28-22)15-21(27)23-13-6-10-16-8-4-3-5-9-16/h3-5,8-9,11-12,14H,2,6-7,10,13,15H2,1H3,(H,23,27)(H,24,25,26). The van der Waals surface area contributed by atoms with Crippen LogP contribution < -0.4 is 10.6 Å². The molecule has 3 rings (SSSR count). The summed E-state index contributed by atoms with van der Waals surface area (Å²) in [4.78, 5) is 28.4. The lowest BCUT2D eigenvalue weighted by atomic mass is 10.1. The van der Waals surface area contributed by atoms with Crippen molar-refractivity contribution >= 4 is 38.5 Å². The molecule has 2 N–H and O–H groups in total. The number of anilines is 1. The highest BCUT2D eigenvalue weighted by atomic mass is 32.1. The van der Waals surface area contributed by atoms with Crippen LogP contribution in [-0.2, 0) is 22.4 Å². The van der Waals surface area contributed by atoms with Crippen molar-refractivity contribution in [3.05, 3.63) is 59.7 Å². The van der Waals surface area contributed by atoms with Crippen molar-refractivity contribution in [3.8, 4) is 0 Å². The molecule has 1 heterocycles. The summed E-state index contributed by atoms with van der Waals surface area (Å²) in [6.07, 6.45) is 3.52. The molecule has 0 fully saturated rings. The van der Waals surface area contributed by atoms with Crippen LogP contribution in [0.5, 0.6) is 0 Å². The van der Waals surface area contributed by atoms with Crippen LogP contribution in [-0.4, -0.2) is 23.3 Å². The van der Waals surface area contributed by atoms with Crippen LogP contribution in [0.1, 0.15) is 37.3 Å². The second-order valence-corrected chi connectivity index (χ2v) is 7.77. The minimum atomic E-state index is -0.0170. The van der Waals surface area contributed by atoms with Crippen molar-refractivity contribution in [2.24, 2.45) is 0 Å². The Hall–Kier alpha value is -2.73. The van der Waals surface area contributed by atoms with Gasteiger partial charge in [-0.15, -0.1) is 0 Å². The number of amides is 2. The molecule has 1 aromatic heterocycles. The number of hydrogen-bond donors (Lipinski definition) is 2. The highest BCUT2D eigenvalue weighted by Crippen LogP contribution is 2.27. The fourth-order valence-corrected chi connectivity index (χ4v) is 3.90. The summed E-state index contributed by atoms with van der Waals surface area (Å²) < 4.78 is 0.973. The molecule has 6 heteroatoms. The molecule has 0 aliphatic carbocycles. The smallest absolute Gasteiger partial charge is 0.226 e. The first-order valence-corrected chi connectivity index (χ1v) is 10.5. The molecule has 0 unspecified atom stereocenters. The predicted molar refractivity (Wildman–Crippen MR) is 115 cm³/mol. The Morgan fingerprint density at radius 2 is 1.86 bits per heavy atom. The van der Waals surface area contributed by atoms with Crippen LogP contribution in [0.25, 0.3) is 10.2 Å². The summed E-state index contributed by atoms with van der Waals surface area (Å²) in [5.41, 5.74) is 3.07. The molecule has 3 aromatic rings. The first-order valence-electron chi connectivity index (χ1n) is 9.64. The van der Waals surface area contributed by atoms with Gasteiger partial charge in [0.05, 0.1) is 16.6 Å². The van der Waals surface area contributed by atoms with Crippen molar-refractivity contribution in [3.63, 3.8) is 0 Å². The quantitative estimate of drug-likeness (QED) is 0.530. The number of fused-ring (bicyclic) bond motifs is 1. The van der Waals surface area contributed by atoms with E-state index in [0.29, 0.717) is 24.5 Å². The average Bonchev–Trinajstić information content (AvgIpc) is 3.07. The van der Waals surface area contributed by atoms with E-state index in [2.05, 4.69) is 27.8 Å². The Kier molecular flexibility index (Phi) is 7.14. The van der Waals surface area contributed by atoms with Gasteiger partial charge in [-0.05, 0) is 42.5 Å². The second-order valence-electron chi connectivity index (χ2n) is 6.74. The molecule has 0 atom stereocenters. The molecule has 5 nitrogen and oxygen atoms in total. The molecule has 0 bridgehead atoms. The molecule has 0 spiro atoms. The Labute approximate surface area is 169 Å². The van der Waals surface area contributed by atoms with Crippen LogP contribution in [0.3, 0.4) is 0 Å². The van der Waals surface area contributed by atoms with E-state index >= 15 is 0 Å². The van der Waals surface area contributed by atoms with Gasteiger partial charge in [0.2, 0.25) is 11.8 Å². The van der Waals surface area contributed by atoms with E-state index in [9.17, 15) is 9.59 Å². The van der Waals surface area contributed by atoms with Crippen molar-refractivity contribution in [1.82, 2.24) is 10.3 Å². The number of rotatable bonds is 9. The molecule has 0 saturated heterocycles. The van der Waals surface area contributed by atoms with E-state index in [1.54, 1.807) is 0 Å². The maximum absolute atomic E-state index is 12.2. The average molecular weight is 396 g/mol. The summed E-state index contributed by atoms with van der Waals surface area (Å²) >= 11 is 1.44. The van der Waals surface area contributed by atoms with Crippen molar-refractivity contribution in [1.29, 1.82) is 0 Å². The van der Waals surface area contributed by atoms with Gasteiger partial charge in [0.15, 0.2) is 5.13 Å². The van der Waals surface area contributed by atoms with Crippen LogP contribution in [0.2, 0.25) is 0 Å². The van der Waals surface area contributed by atoms with E-state index < -0.39 is 0 Å². The molecule has 0 aliphatic rings. The lowest BCUT2D eigenvalue weighted by Crippen LogP contribution is -2.26. The fourth-order valence-electron chi connectivity index (χ4n) is 2.95. The van der Waals surface area contributed by atoms with Crippen LogP contribution in [0, 0.1) is 0 Å². The summed E-state index contributed by atoms with van der Waals surface area (Å²) in [5, 5.41) is 6.42. The minimum absolute atomic E-state index is 0.0170. The van der Waals surface area contributed by atoms with Gasteiger partial charge in [0.1, 0.15) is 0 Å². The number of nitrogens with one attached hydrogen (secondary N) is 2. The lowest BCUT2D eigenvalue weighted by molar-refractivity contribution is -0.120. The number of nitrogens with zero attached hydrogens (tertiary/aromatic N) is 1. The zero-order valence-electron chi connectivity index (χ0n) is 16.0. The van der Waals surface area contributed by atoms with Crippen molar-refractivity contribution < 1.29 is 9.59 Å². The number of carbonyl (C=O) groups is 2. The van der Waals surface area contributed by atoms with Gasteiger partial charge in [0, 0.05) is 13.0 Å². The van der Waals surface area contributed by atoms with Crippen LogP contribution in [0.15, 0.2) is 48.5 Å². The molecule has 2 aromatic carbocycles. The Morgan fingerprint density at radius 1 is 1.04 bits per heavy atom. The molecule has 0 aliphatic heterocycles. The van der Waals surface area contributed by atoms with Gasteiger partial charge < -0.3 is 10.6 Å². The number of aryl methyl sites for hydroxylation is 1. The van der Waals surface area contributed by atoms with Gasteiger partial charge in [0.25, 0.3) is 0 Å². The Bertz CT molecular complexity index is 937. The maximum atomic E-state index is 12.2. The van der Waals surface area contributed by atoms with Gasteiger partial charge in [-0.2, -0.15) is 0 Å². The molecular formula is C22H25N3O2S. The van der Waals surface area contributed by atoms with E-state index in [1.165, 1.54) is 16.9 Å². The SMILES string of the molecule is CCCC(=O)Nc1nc2ccc(CC(=O)NCCCc3ccccc3)cc2s1. The van der Waals surface area contributed by atoms with E-state index in [4.69, 9.17) is 0 Å². The van der Waals surface area contributed by atoms with E-state index in [0.717, 1.165) is 35.0 Å². The van der Waals surface area contributed by atoms with Gasteiger partial charge >= 0.3 is 0 Å². The van der Waals surface area contributed by atoms with E-state index in [-0.39, 0.29) is 11.8 Å². The zero-order valence-corrected chi connectivity index (χ0v) is 16.8. The number of hydrogen-bond acceptors (Lipinski definition) is 4. The van der Waals surface area contributed by atoms with E-state index in [1.807, 2.05) is 43.3 Å². The molecular weight excluding hydrogens is 370 g/mol. The first kappa shape index (κ1) is 20.0. The largest absolute Gasteiger partial charge is 0.356 e. The third-order valence-electron chi connectivity index (χ3n) is 4.35. The zero-order chi connectivity index (χ0) is 19.8. The van der Waals surface area contributed by atoms with Gasteiger partial charge in [-0.3, -0.25) is 9.59 Å². The Morgan fingerprint density at radius 3 is 2.64 bits per heavy atom. The molecule has 0 saturated carbocycles. The van der Waals surface area contributed by atoms with Gasteiger partial charge in [-0.1, -0.05) is 54.7 Å². The van der Waals surface area contributed by atoms with Crippen LogP contribution >= 0.6 is 11.3 Å². The fraction of sp³-hybridized carbons (Fsp3) is 0.318. The number of thiazole rings is 1. The molecule has 2 amide bonds. The molecule has 28 heavy (non-hydrogen) atoms. The van der Waals surface area contributed by atoms with Gasteiger partial charge in [-0.25, -0.2) is 4.98 Å². The highest BCUT2D eigenvalue weighted by Gasteiger charge is 2.09. The summed E-state index contributed by atoms with van der Waals surface area (Å²) in [7, 11) is 0. The van der Waals surface area contributed by atoms with Crippen molar-refractivity contribution in [2.75, 3.05) is 11.9 Å². The maximum Gasteiger partial charge on any atom is 0.226 e. The first-order chi connectivity index (χ1) is 13.6. The normalized spacial score (nSPS) is 10.8. The number of carbonyl (C=O) groups excluding carboxylic acids is 2. The molecule has 146 valence electrons. The molecule has 0 radical (unpaired) electrons. The monoisotopic (exact) mass is 395 g/mol. The highest BCUT2D eigenvalue weighted by molar-refractivity contribution is 7.22. The lowest BCUT2D eigenvalue weighted by Gasteiger charge is -2.06. The second kappa shape index (κ2) is 9.99. The number of benzene rings is 2. The van der Waals surface area contributed by atoms with Crippen LogP contribution in [0.4, 0.5) is 5.13 Å². The summed E-state index contributed by atoms with van der Waals surface area (Å²) in [6, 6.07) is 16.1. The third-order valence-corrected chi connectivity index (χ3v) is 5.28. The topological polar surface area (TPSA) is 71.1 Å². The minimum Gasteiger partial charge on any atom is -0.356 e. The number of aromatic nitrogens is 1. The summed E-state index contributed by atoms with van der Waals surface area (Å²) in [5.74, 6) is 0.00468.